The van der Waals surface area contributed by atoms with Gasteiger partial charge in [-0.1, -0.05) is 13.0 Å². The topological polar surface area (TPSA) is 59.1 Å². The fourth-order valence-electron chi connectivity index (χ4n) is 3.37. The standard InChI is InChI=1S/C19H26N2O4/c1-2-11-25-16-6-3-5-15(14-16)18(22)21-8-4-7-17(21)19(23)20-9-12-24-13-10-20/h3,5-6,14,17H,2,4,7-13H2,1H3. The van der Waals surface area contributed by atoms with Crippen LogP contribution < -0.4 is 4.74 Å². The zero-order valence-electron chi connectivity index (χ0n) is 14.8. The summed E-state index contributed by atoms with van der Waals surface area (Å²) in [7, 11) is 0. The summed E-state index contributed by atoms with van der Waals surface area (Å²) in [5, 5.41) is 0. The minimum atomic E-state index is -0.356. The van der Waals surface area contributed by atoms with E-state index in [-0.39, 0.29) is 17.9 Å². The van der Waals surface area contributed by atoms with Gasteiger partial charge in [0.15, 0.2) is 0 Å². The average molecular weight is 346 g/mol. The number of amides is 2. The van der Waals surface area contributed by atoms with Gasteiger partial charge in [0.25, 0.3) is 5.91 Å². The molecule has 0 aliphatic carbocycles. The van der Waals surface area contributed by atoms with Crippen LogP contribution in [0.5, 0.6) is 5.75 Å². The molecule has 0 spiro atoms. The highest BCUT2D eigenvalue weighted by Crippen LogP contribution is 2.24. The maximum atomic E-state index is 12.9. The Hall–Kier alpha value is -2.08. The lowest BCUT2D eigenvalue weighted by Crippen LogP contribution is -2.51. The molecule has 0 N–H and O–H groups in total. The van der Waals surface area contributed by atoms with Crippen molar-refractivity contribution >= 4 is 11.8 Å². The van der Waals surface area contributed by atoms with Crippen molar-refractivity contribution in [2.45, 2.75) is 32.2 Å². The van der Waals surface area contributed by atoms with Crippen LogP contribution in [0.3, 0.4) is 0 Å². The smallest absolute Gasteiger partial charge is 0.254 e. The number of carbonyl (C=O) groups excluding carboxylic acids is 2. The molecule has 6 nitrogen and oxygen atoms in total. The number of hydrogen-bond donors (Lipinski definition) is 0. The van der Waals surface area contributed by atoms with E-state index in [2.05, 4.69) is 0 Å². The molecule has 1 aromatic rings. The monoisotopic (exact) mass is 346 g/mol. The predicted molar refractivity (Wildman–Crippen MR) is 93.7 cm³/mol. The van der Waals surface area contributed by atoms with Crippen molar-refractivity contribution in [2.75, 3.05) is 39.5 Å². The first kappa shape index (κ1) is 17.7. The molecule has 3 rings (SSSR count). The summed E-state index contributed by atoms with van der Waals surface area (Å²) in [6.07, 6.45) is 2.51. The van der Waals surface area contributed by atoms with Crippen molar-refractivity contribution in [3.63, 3.8) is 0 Å². The van der Waals surface area contributed by atoms with Crippen LogP contribution in [0.2, 0.25) is 0 Å². The molecule has 136 valence electrons. The molecule has 0 aromatic heterocycles. The van der Waals surface area contributed by atoms with Crippen LogP contribution in [-0.4, -0.2) is 67.1 Å². The van der Waals surface area contributed by atoms with Crippen LogP contribution in [0.4, 0.5) is 0 Å². The van der Waals surface area contributed by atoms with E-state index in [0.29, 0.717) is 50.8 Å². The van der Waals surface area contributed by atoms with Gasteiger partial charge in [-0.15, -0.1) is 0 Å². The van der Waals surface area contributed by atoms with Crippen LogP contribution in [0.1, 0.15) is 36.5 Å². The number of likely N-dealkylation sites (tertiary alicyclic amines) is 1. The van der Waals surface area contributed by atoms with Gasteiger partial charge in [0.1, 0.15) is 11.8 Å². The molecule has 1 aromatic carbocycles. The lowest BCUT2D eigenvalue weighted by Gasteiger charge is -2.32. The van der Waals surface area contributed by atoms with Crippen molar-refractivity contribution in [3.8, 4) is 5.75 Å². The largest absolute Gasteiger partial charge is 0.494 e. The quantitative estimate of drug-likeness (QED) is 0.817. The first-order chi connectivity index (χ1) is 12.2. The number of hydrogen-bond acceptors (Lipinski definition) is 4. The van der Waals surface area contributed by atoms with E-state index in [1.807, 2.05) is 24.0 Å². The molecular formula is C19H26N2O4. The third-order valence-electron chi connectivity index (χ3n) is 4.68. The Morgan fingerprint density at radius 2 is 2.04 bits per heavy atom. The summed E-state index contributed by atoms with van der Waals surface area (Å²) in [5.74, 6) is 0.654. The zero-order valence-corrected chi connectivity index (χ0v) is 14.8. The molecule has 0 bridgehead atoms. The first-order valence-electron chi connectivity index (χ1n) is 9.11. The van der Waals surface area contributed by atoms with E-state index in [1.54, 1.807) is 17.0 Å². The second-order valence-electron chi connectivity index (χ2n) is 6.47. The second kappa shape index (κ2) is 8.34. The third-order valence-corrected chi connectivity index (χ3v) is 4.68. The molecule has 2 saturated heterocycles. The van der Waals surface area contributed by atoms with Gasteiger partial charge in [-0.05, 0) is 37.5 Å². The average Bonchev–Trinajstić information content (AvgIpc) is 3.16. The number of rotatable bonds is 5. The van der Waals surface area contributed by atoms with Crippen LogP contribution in [0.25, 0.3) is 0 Å². The van der Waals surface area contributed by atoms with Gasteiger partial charge in [0, 0.05) is 25.2 Å². The normalized spacial score (nSPS) is 20.6. The number of carbonyl (C=O) groups is 2. The van der Waals surface area contributed by atoms with E-state index in [4.69, 9.17) is 9.47 Å². The molecule has 1 atom stereocenters. The summed E-state index contributed by atoms with van der Waals surface area (Å²) in [5.41, 5.74) is 0.579. The molecule has 0 saturated carbocycles. The number of ether oxygens (including phenoxy) is 2. The van der Waals surface area contributed by atoms with Gasteiger partial charge in [-0.25, -0.2) is 0 Å². The molecule has 2 aliphatic rings. The van der Waals surface area contributed by atoms with E-state index in [0.717, 1.165) is 19.3 Å². The number of benzene rings is 1. The molecule has 1 unspecified atom stereocenters. The maximum absolute atomic E-state index is 12.9. The highest BCUT2D eigenvalue weighted by molar-refractivity contribution is 5.98. The molecule has 2 amide bonds. The molecule has 25 heavy (non-hydrogen) atoms. The first-order valence-corrected chi connectivity index (χ1v) is 9.11. The minimum absolute atomic E-state index is 0.0486. The van der Waals surface area contributed by atoms with E-state index < -0.39 is 0 Å². The summed E-state index contributed by atoms with van der Waals surface area (Å²) < 4.78 is 10.9. The van der Waals surface area contributed by atoms with Gasteiger partial charge >= 0.3 is 0 Å². The minimum Gasteiger partial charge on any atom is -0.494 e. The highest BCUT2D eigenvalue weighted by Gasteiger charge is 2.37. The Bertz CT molecular complexity index is 613. The maximum Gasteiger partial charge on any atom is 0.254 e. The molecule has 2 fully saturated rings. The lowest BCUT2D eigenvalue weighted by molar-refractivity contribution is -0.139. The van der Waals surface area contributed by atoms with Crippen molar-refractivity contribution in [1.82, 2.24) is 9.80 Å². The van der Waals surface area contributed by atoms with Crippen molar-refractivity contribution < 1.29 is 19.1 Å². The summed E-state index contributed by atoms with van der Waals surface area (Å²) in [4.78, 5) is 29.3. The van der Waals surface area contributed by atoms with Crippen molar-refractivity contribution in [2.24, 2.45) is 0 Å². The molecular weight excluding hydrogens is 320 g/mol. The Balaban J connectivity index is 1.71. The Morgan fingerprint density at radius 3 is 2.80 bits per heavy atom. The SMILES string of the molecule is CCCOc1cccc(C(=O)N2CCCC2C(=O)N2CCOCC2)c1. The summed E-state index contributed by atoms with van der Waals surface area (Å²) in [6, 6.07) is 6.88. The van der Waals surface area contributed by atoms with Gasteiger partial charge in [0.05, 0.1) is 19.8 Å². The summed E-state index contributed by atoms with van der Waals surface area (Å²) in [6.45, 7) is 5.65. The predicted octanol–water partition coefficient (Wildman–Crippen LogP) is 1.94. The fourth-order valence-corrected chi connectivity index (χ4v) is 3.37. The molecule has 2 aliphatic heterocycles. The molecule has 0 radical (unpaired) electrons. The third kappa shape index (κ3) is 4.12. The van der Waals surface area contributed by atoms with Gasteiger partial charge in [-0.3, -0.25) is 9.59 Å². The van der Waals surface area contributed by atoms with Crippen LogP contribution in [0, 0.1) is 0 Å². The highest BCUT2D eigenvalue weighted by atomic mass is 16.5. The van der Waals surface area contributed by atoms with E-state index in [9.17, 15) is 9.59 Å². The summed E-state index contributed by atoms with van der Waals surface area (Å²) >= 11 is 0. The van der Waals surface area contributed by atoms with Crippen LogP contribution in [-0.2, 0) is 9.53 Å². The van der Waals surface area contributed by atoms with Gasteiger partial charge in [-0.2, -0.15) is 0 Å². The Labute approximate surface area is 148 Å². The van der Waals surface area contributed by atoms with Crippen LogP contribution >= 0.6 is 0 Å². The Kier molecular flexibility index (Phi) is 5.91. The zero-order chi connectivity index (χ0) is 17.6. The van der Waals surface area contributed by atoms with Gasteiger partial charge in [0.2, 0.25) is 5.91 Å². The van der Waals surface area contributed by atoms with Crippen molar-refractivity contribution in [1.29, 1.82) is 0 Å². The molecule has 6 heteroatoms. The van der Waals surface area contributed by atoms with Crippen LogP contribution in [0.15, 0.2) is 24.3 Å². The van der Waals surface area contributed by atoms with E-state index >= 15 is 0 Å². The van der Waals surface area contributed by atoms with E-state index in [1.165, 1.54) is 0 Å². The molecule has 2 heterocycles. The fraction of sp³-hybridized carbons (Fsp3) is 0.579. The van der Waals surface area contributed by atoms with Crippen molar-refractivity contribution in [3.05, 3.63) is 29.8 Å². The number of nitrogens with zero attached hydrogens (tertiary/aromatic N) is 2. The number of morpholine rings is 1. The lowest BCUT2D eigenvalue weighted by atomic mass is 10.1. The van der Waals surface area contributed by atoms with Gasteiger partial charge < -0.3 is 19.3 Å². The Morgan fingerprint density at radius 1 is 1.24 bits per heavy atom. The second-order valence-corrected chi connectivity index (χ2v) is 6.47.